The highest BCUT2D eigenvalue weighted by Crippen LogP contribution is 2.24. The fraction of sp³-hybridized carbons (Fsp3) is 0.237. The highest BCUT2D eigenvalue weighted by atomic mass is 35.5. The van der Waals surface area contributed by atoms with Crippen molar-refractivity contribution in [1.29, 1.82) is 0 Å². The van der Waals surface area contributed by atoms with Gasteiger partial charge in [0.15, 0.2) is 0 Å². The highest BCUT2D eigenvalue weighted by molar-refractivity contribution is 6.30. The second kappa shape index (κ2) is 18.2. The van der Waals surface area contributed by atoms with Crippen LogP contribution in [0, 0.1) is 6.92 Å². The van der Waals surface area contributed by atoms with E-state index in [1.165, 1.54) is 0 Å². The Hall–Kier alpha value is -5.88. The van der Waals surface area contributed by atoms with Crippen LogP contribution in [0.25, 0.3) is 11.3 Å². The molecule has 0 aliphatic rings. The Balaban J connectivity index is 1.19. The van der Waals surface area contributed by atoms with Crippen molar-refractivity contribution < 1.29 is 33.3 Å². The smallest absolute Gasteiger partial charge is 0.432 e. The van der Waals surface area contributed by atoms with Gasteiger partial charge in [-0.3, -0.25) is 4.79 Å². The van der Waals surface area contributed by atoms with E-state index in [-0.39, 0.29) is 38.2 Å². The molecular weight excluding hydrogens is 674 g/mol. The van der Waals surface area contributed by atoms with Gasteiger partial charge in [0.25, 0.3) is 5.91 Å². The number of aromatic amines is 1. The third-order valence-corrected chi connectivity index (χ3v) is 7.96. The van der Waals surface area contributed by atoms with E-state index in [2.05, 4.69) is 25.6 Å². The second-order valence-electron chi connectivity index (χ2n) is 11.5. The van der Waals surface area contributed by atoms with Gasteiger partial charge in [0.05, 0.1) is 17.8 Å². The van der Waals surface area contributed by atoms with Crippen LogP contribution >= 0.6 is 11.6 Å². The van der Waals surface area contributed by atoms with Gasteiger partial charge >= 0.3 is 12.3 Å². The molecule has 5 rings (SSSR count). The lowest BCUT2D eigenvalue weighted by molar-refractivity contribution is 0.0422. The van der Waals surface area contributed by atoms with E-state index in [0.717, 1.165) is 16.7 Å². The summed E-state index contributed by atoms with van der Waals surface area (Å²) in [5, 5.41) is 6.58. The number of anilines is 1. The van der Waals surface area contributed by atoms with Crippen LogP contribution in [0.1, 0.15) is 52.1 Å². The van der Waals surface area contributed by atoms with Crippen LogP contribution in [0.15, 0.2) is 103 Å². The molecular formula is C38H38ClN5O7. The third-order valence-electron chi connectivity index (χ3n) is 7.72. The average Bonchev–Trinajstić information content (AvgIpc) is 3.65. The van der Waals surface area contributed by atoms with Crippen molar-refractivity contribution in [2.45, 2.75) is 45.6 Å². The Morgan fingerprint density at radius 2 is 1.47 bits per heavy atom. The van der Waals surface area contributed by atoms with Gasteiger partial charge in [-0.25, -0.2) is 19.6 Å². The van der Waals surface area contributed by atoms with Gasteiger partial charge in [0, 0.05) is 23.0 Å². The van der Waals surface area contributed by atoms with E-state index >= 15 is 0 Å². The molecule has 0 bridgehead atoms. The molecule has 0 fully saturated rings. The monoisotopic (exact) mass is 711 g/mol. The quantitative estimate of drug-likeness (QED) is 0.0917. The Morgan fingerprint density at radius 3 is 2.10 bits per heavy atom. The highest BCUT2D eigenvalue weighted by Gasteiger charge is 2.21. The molecule has 0 aliphatic carbocycles. The molecule has 0 aliphatic heterocycles. The number of rotatable bonds is 15. The molecule has 3 aromatic carbocycles. The van der Waals surface area contributed by atoms with E-state index in [9.17, 15) is 14.4 Å². The first kappa shape index (κ1) is 36.4. The molecule has 0 spiro atoms. The largest absolute Gasteiger partial charge is 0.508 e. The van der Waals surface area contributed by atoms with Crippen molar-refractivity contribution in [1.82, 2.24) is 20.3 Å². The number of carbonyl (C=O) groups is 3. The first-order valence-electron chi connectivity index (χ1n) is 16.3. The zero-order valence-corrected chi connectivity index (χ0v) is 28.9. The lowest BCUT2D eigenvalue weighted by Crippen LogP contribution is -2.32. The minimum absolute atomic E-state index is 0.0490. The number of hydrogen-bond acceptors (Lipinski definition) is 10. The van der Waals surface area contributed by atoms with Crippen molar-refractivity contribution in [2.24, 2.45) is 0 Å². The van der Waals surface area contributed by atoms with E-state index in [1.54, 1.807) is 42.7 Å². The normalized spacial score (nSPS) is 11.9. The molecule has 13 heteroatoms. The van der Waals surface area contributed by atoms with E-state index in [1.807, 2.05) is 74.5 Å². The predicted octanol–water partition coefficient (Wildman–Crippen LogP) is 7.80. The maximum Gasteiger partial charge on any atom is 0.508 e. The van der Waals surface area contributed by atoms with E-state index in [0.29, 0.717) is 34.2 Å². The van der Waals surface area contributed by atoms with Crippen LogP contribution < -0.4 is 10.6 Å². The molecule has 0 saturated carbocycles. The first-order valence-corrected chi connectivity index (χ1v) is 16.7. The summed E-state index contributed by atoms with van der Waals surface area (Å²) in [5.74, 6) is -0.117. The minimum atomic E-state index is -0.870. The molecule has 12 nitrogen and oxygen atoms in total. The molecule has 1 amide bonds. The molecule has 0 unspecified atom stereocenters. The lowest BCUT2D eigenvalue weighted by atomic mass is 10.1. The number of nitrogens with one attached hydrogen (secondary N) is 3. The number of amides is 1. The van der Waals surface area contributed by atoms with E-state index < -0.39 is 24.3 Å². The molecule has 0 saturated heterocycles. The Labute approximate surface area is 300 Å². The van der Waals surface area contributed by atoms with E-state index in [4.69, 9.17) is 30.5 Å². The molecule has 0 radical (unpaired) electrons. The van der Waals surface area contributed by atoms with Gasteiger partial charge in [-0.15, -0.1) is 0 Å². The van der Waals surface area contributed by atoms with Gasteiger partial charge in [0.1, 0.15) is 32.1 Å². The van der Waals surface area contributed by atoms with Gasteiger partial charge in [-0.2, -0.15) is 0 Å². The number of aromatic nitrogens is 3. The van der Waals surface area contributed by atoms with Gasteiger partial charge in [-0.1, -0.05) is 91.3 Å². The number of nitrogens with zero attached hydrogens (tertiary/aromatic N) is 2. The third kappa shape index (κ3) is 11.1. The van der Waals surface area contributed by atoms with Gasteiger partial charge in [-0.05, 0) is 53.8 Å². The van der Waals surface area contributed by atoms with Crippen LogP contribution in [0.3, 0.4) is 0 Å². The Bertz CT molecular complexity index is 1910. The molecule has 5 aromatic rings. The topological polar surface area (TPSA) is 154 Å². The van der Waals surface area contributed by atoms with Crippen LogP contribution in [0.5, 0.6) is 0 Å². The van der Waals surface area contributed by atoms with Crippen LogP contribution in [0.4, 0.5) is 15.5 Å². The molecule has 264 valence electrons. The molecule has 51 heavy (non-hydrogen) atoms. The average molecular weight is 712 g/mol. The zero-order valence-electron chi connectivity index (χ0n) is 28.1. The summed E-state index contributed by atoms with van der Waals surface area (Å²) in [4.78, 5) is 50.1. The van der Waals surface area contributed by atoms with Crippen molar-refractivity contribution in [3.63, 3.8) is 0 Å². The maximum absolute atomic E-state index is 13.5. The summed E-state index contributed by atoms with van der Waals surface area (Å²) in [7, 11) is 0. The summed E-state index contributed by atoms with van der Waals surface area (Å²) in [6.07, 6.45) is 2.32. The molecule has 2 heterocycles. The number of halogens is 1. The number of carbonyl (C=O) groups excluding carboxylic acids is 3. The fourth-order valence-electron chi connectivity index (χ4n) is 4.93. The Morgan fingerprint density at radius 1 is 0.824 bits per heavy atom. The van der Waals surface area contributed by atoms with Crippen LogP contribution in [-0.4, -0.2) is 52.4 Å². The van der Waals surface area contributed by atoms with Gasteiger partial charge < -0.3 is 34.6 Å². The number of ether oxygens (including phenoxy) is 4. The number of hydrogen-bond donors (Lipinski definition) is 3. The summed E-state index contributed by atoms with van der Waals surface area (Å²) in [5.41, 5.74) is 4.59. The minimum Gasteiger partial charge on any atom is -0.432 e. The number of benzene rings is 3. The predicted molar refractivity (Wildman–Crippen MR) is 191 cm³/mol. The van der Waals surface area contributed by atoms with Crippen molar-refractivity contribution in [3.05, 3.63) is 136 Å². The van der Waals surface area contributed by atoms with Crippen molar-refractivity contribution in [3.8, 4) is 11.3 Å². The van der Waals surface area contributed by atoms with Gasteiger partial charge in [0.2, 0.25) is 5.95 Å². The zero-order chi connectivity index (χ0) is 36.0. The van der Waals surface area contributed by atoms with Crippen molar-refractivity contribution in [2.75, 3.05) is 18.5 Å². The number of aryl methyl sites for hydroxylation is 1. The second-order valence-corrected chi connectivity index (χ2v) is 12.0. The molecule has 2 aromatic heterocycles. The van der Waals surface area contributed by atoms with Crippen LogP contribution in [-0.2, 0) is 32.2 Å². The first-order chi connectivity index (χ1) is 24.8. The summed E-state index contributed by atoms with van der Waals surface area (Å²) in [6.45, 7) is 3.82. The maximum atomic E-state index is 13.5. The lowest BCUT2D eigenvalue weighted by Gasteiger charge is -2.19. The summed E-state index contributed by atoms with van der Waals surface area (Å²) >= 11 is 6.23. The van der Waals surface area contributed by atoms with Crippen LogP contribution in [0.2, 0.25) is 5.02 Å². The Kier molecular flexibility index (Phi) is 13.0. The molecule has 2 atom stereocenters. The van der Waals surface area contributed by atoms with Crippen molar-refractivity contribution >= 4 is 35.8 Å². The fourth-order valence-corrected chi connectivity index (χ4v) is 5.13. The molecule has 3 N–H and O–H groups in total. The summed E-state index contributed by atoms with van der Waals surface area (Å²) in [6, 6.07) is 26.1. The SMILES string of the molecule is CC[C@H](COC(=O)OCc1ccccc1)Nc1ncc(C)c(-c2c[nH]c(C(=O)N[C@H](COC(=O)OCc3ccccc3)c3cccc(Cl)c3)c2)n1. The number of H-pyrrole nitrogens is 1. The standard InChI is InChI=1S/C38H38ClN5O7/c1-3-31(23-50-37(46)48-21-26-11-6-4-7-12-26)42-36-41-19-25(2)34(44-36)29-18-32(40-20-29)35(45)43-33(28-15-10-16-30(39)17-28)24-51-38(47)49-22-27-13-8-5-9-14-27/h4-20,31,33,40H,3,21-24H2,1-2H3,(H,43,45)(H,41,42,44)/t31-,33-/m1/s1. The summed E-state index contributed by atoms with van der Waals surface area (Å²) < 4.78 is 21.1.